The second-order valence-corrected chi connectivity index (χ2v) is 6.40. The van der Waals surface area contributed by atoms with Crippen molar-refractivity contribution in [1.82, 2.24) is 0 Å². The average molecular weight is 308 g/mol. The van der Waals surface area contributed by atoms with Crippen molar-refractivity contribution < 1.29 is 9.47 Å². The number of nitriles is 2. The number of amidine groups is 1. The zero-order valence-corrected chi connectivity index (χ0v) is 12.7. The molecule has 3 aliphatic rings. The van der Waals surface area contributed by atoms with Gasteiger partial charge in [-0.15, -0.1) is 0 Å². The SMILES string of the molecule is C[C@H]1CO[C@]2(N=C(N)[C@@]3(C#N)[C@@H](Cc4ccccc4)[C@@]23C#N)O1. The highest BCUT2D eigenvalue weighted by atomic mass is 16.8. The minimum absolute atomic E-state index is 0.150. The van der Waals surface area contributed by atoms with Gasteiger partial charge in [-0.25, -0.2) is 4.99 Å². The Bertz CT molecular complexity index is 780. The lowest BCUT2D eigenvalue weighted by molar-refractivity contribution is -0.195. The van der Waals surface area contributed by atoms with Gasteiger partial charge in [-0.3, -0.25) is 0 Å². The van der Waals surface area contributed by atoms with Crippen molar-refractivity contribution in [3.8, 4) is 12.1 Å². The number of hydrogen-bond donors (Lipinski definition) is 1. The maximum atomic E-state index is 9.95. The Morgan fingerprint density at radius 3 is 2.61 bits per heavy atom. The van der Waals surface area contributed by atoms with Gasteiger partial charge in [0.15, 0.2) is 5.41 Å². The monoisotopic (exact) mass is 308 g/mol. The highest BCUT2D eigenvalue weighted by molar-refractivity contribution is 5.98. The van der Waals surface area contributed by atoms with Crippen LogP contribution in [-0.2, 0) is 15.9 Å². The third-order valence-electron chi connectivity index (χ3n) is 5.26. The molecule has 6 heteroatoms. The number of rotatable bonds is 2. The number of fused-ring (bicyclic) bond motifs is 2. The van der Waals surface area contributed by atoms with Crippen LogP contribution in [0.4, 0.5) is 0 Å². The first-order valence-corrected chi connectivity index (χ1v) is 7.60. The Morgan fingerprint density at radius 2 is 2.04 bits per heavy atom. The van der Waals surface area contributed by atoms with Crippen molar-refractivity contribution in [3.05, 3.63) is 35.9 Å². The molecule has 4 rings (SSSR count). The Hall–Kier alpha value is -2.41. The first-order valence-electron chi connectivity index (χ1n) is 7.60. The largest absolute Gasteiger partial charge is 0.386 e. The van der Waals surface area contributed by atoms with Gasteiger partial charge in [-0.1, -0.05) is 30.3 Å². The van der Waals surface area contributed by atoms with E-state index in [1.807, 2.05) is 37.3 Å². The molecule has 0 radical (unpaired) electrons. The van der Waals surface area contributed by atoms with Gasteiger partial charge in [0.2, 0.25) is 0 Å². The molecule has 0 bridgehead atoms. The molecule has 6 nitrogen and oxygen atoms in total. The normalized spacial score (nSPS) is 43.5. The van der Waals surface area contributed by atoms with E-state index in [9.17, 15) is 10.5 Å². The summed E-state index contributed by atoms with van der Waals surface area (Å²) in [5.74, 6) is -1.59. The van der Waals surface area contributed by atoms with Crippen LogP contribution in [0.5, 0.6) is 0 Å². The molecule has 1 spiro atoms. The van der Waals surface area contributed by atoms with E-state index in [0.717, 1.165) is 5.56 Å². The molecule has 2 N–H and O–H groups in total. The first-order chi connectivity index (χ1) is 11.1. The molecule has 2 heterocycles. The van der Waals surface area contributed by atoms with E-state index in [1.165, 1.54) is 0 Å². The van der Waals surface area contributed by atoms with Crippen LogP contribution in [0.1, 0.15) is 12.5 Å². The number of nitrogens with two attached hydrogens (primary N) is 1. The molecule has 1 aromatic rings. The summed E-state index contributed by atoms with van der Waals surface area (Å²) in [5.41, 5.74) is 4.81. The molecule has 1 saturated carbocycles. The van der Waals surface area contributed by atoms with Crippen molar-refractivity contribution >= 4 is 5.84 Å². The quantitative estimate of drug-likeness (QED) is 0.887. The van der Waals surface area contributed by atoms with E-state index in [0.29, 0.717) is 13.0 Å². The van der Waals surface area contributed by atoms with Crippen LogP contribution in [0.2, 0.25) is 0 Å². The smallest absolute Gasteiger partial charge is 0.293 e. The lowest BCUT2D eigenvalue weighted by Gasteiger charge is -2.26. The molecule has 1 saturated heterocycles. The minimum atomic E-state index is -1.44. The Morgan fingerprint density at radius 1 is 1.30 bits per heavy atom. The summed E-state index contributed by atoms with van der Waals surface area (Å²) in [5, 5.41) is 19.8. The molecule has 1 aliphatic carbocycles. The fourth-order valence-electron chi connectivity index (χ4n) is 4.19. The summed E-state index contributed by atoms with van der Waals surface area (Å²) in [7, 11) is 0. The van der Waals surface area contributed by atoms with Gasteiger partial charge in [0, 0.05) is 5.92 Å². The van der Waals surface area contributed by atoms with E-state index in [1.54, 1.807) is 0 Å². The van der Waals surface area contributed by atoms with Crippen molar-refractivity contribution in [2.75, 3.05) is 6.61 Å². The van der Waals surface area contributed by atoms with Crippen molar-refractivity contribution in [1.29, 1.82) is 10.5 Å². The average Bonchev–Trinajstić information content (AvgIpc) is 2.85. The van der Waals surface area contributed by atoms with Gasteiger partial charge in [0.05, 0.1) is 24.8 Å². The van der Waals surface area contributed by atoms with Crippen LogP contribution in [0.3, 0.4) is 0 Å². The molecule has 2 aliphatic heterocycles. The number of hydrogen-bond acceptors (Lipinski definition) is 6. The molecule has 0 aromatic heterocycles. The molecular formula is C17H16N4O2. The summed E-state index contributed by atoms with van der Waals surface area (Å²) >= 11 is 0. The summed E-state index contributed by atoms with van der Waals surface area (Å²) in [6, 6.07) is 14.3. The lowest BCUT2D eigenvalue weighted by Crippen LogP contribution is -2.39. The molecule has 0 amide bonds. The zero-order valence-electron chi connectivity index (χ0n) is 12.7. The van der Waals surface area contributed by atoms with E-state index in [4.69, 9.17) is 15.2 Å². The summed E-state index contributed by atoms with van der Waals surface area (Å²) in [6.45, 7) is 2.19. The van der Waals surface area contributed by atoms with E-state index in [2.05, 4.69) is 17.1 Å². The summed E-state index contributed by atoms with van der Waals surface area (Å²) < 4.78 is 11.6. The Balaban J connectivity index is 1.80. The first kappa shape index (κ1) is 14.2. The van der Waals surface area contributed by atoms with Gasteiger partial charge in [-0.05, 0) is 18.9 Å². The number of benzene rings is 1. The molecule has 23 heavy (non-hydrogen) atoms. The predicted molar refractivity (Wildman–Crippen MR) is 80.6 cm³/mol. The minimum Gasteiger partial charge on any atom is -0.386 e. The van der Waals surface area contributed by atoms with Crippen molar-refractivity contribution in [2.24, 2.45) is 27.5 Å². The maximum absolute atomic E-state index is 9.95. The number of nitrogens with zero attached hydrogens (tertiary/aromatic N) is 3. The van der Waals surface area contributed by atoms with Crippen molar-refractivity contribution in [2.45, 2.75) is 25.4 Å². The van der Waals surface area contributed by atoms with Gasteiger partial charge in [-0.2, -0.15) is 10.5 Å². The summed E-state index contributed by atoms with van der Waals surface area (Å²) in [6.07, 6.45) is 0.366. The van der Waals surface area contributed by atoms with Crippen LogP contribution in [0.25, 0.3) is 0 Å². The van der Waals surface area contributed by atoms with E-state index in [-0.39, 0.29) is 17.9 Å². The Labute approximate surface area is 134 Å². The fourth-order valence-corrected chi connectivity index (χ4v) is 4.19. The van der Waals surface area contributed by atoms with Crippen LogP contribution in [0, 0.1) is 39.4 Å². The van der Waals surface area contributed by atoms with Crippen LogP contribution in [0.15, 0.2) is 35.3 Å². The van der Waals surface area contributed by atoms with Gasteiger partial charge in [0.25, 0.3) is 5.91 Å². The molecule has 0 unspecified atom stereocenters. The summed E-state index contributed by atoms with van der Waals surface area (Å²) in [4.78, 5) is 4.28. The zero-order chi connectivity index (χ0) is 16.3. The maximum Gasteiger partial charge on any atom is 0.293 e. The van der Waals surface area contributed by atoms with E-state index < -0.39 is 16.7 Å². The highest BCUT2D eigenvalue weighted by Gasteiger charge is 2.93. The van der Waals surface area contributed by atoms with Crippen molar-refractivity contribution in [3.63, 3.8) is 0 Å². The fraction of sp³-hybridized carbons (Fsp3) is 0.471. The molecule has 1 aromatic carbocycles. The van der Waals surface area contributed by atoms with Crippen LogP contribution < -0.4 is 5.73 Å². The van der Waals surface area contributed by atoms with Gasteiger partial charge in [0.1, 0.15) is 11.3 Å². The molecule has 116 valence electrons. The lowest BCUT2D eigenvalue weighted by atomic mass is 9.94. The van der Waals surface area contributed by atoms with Crippen LogP contribution >= 0.6 is 0 Å². The van der Waals surface area contributed by atoms with Gasteiger partial charge >= 0.3 is 0 Å². The molecule has 2 fully saturated rings. The Kier molecular flexibility index (Phi) is 2.67. The predicted octanol–water partition coefficient (Wildman–Crippen LogP) is 1.34. The third-order valence-corrected chi connectivity index (χ3v) is 5.26. The standard InChI is InChI=1S/C17H16N4O2/c1-11-8-22-17(23-11)16(10-19)13(7-12-5-3-2-4-6-12)15(16,9-18)14(20)21-17/h2-6,11,13H,7-8H2,1H3,(H2,20,21)/t11-,13+,15+,16+,17-/m0/s1. The van der Waals surface area contributed by atoms with Crippen LogP contribution in [-0.4, -0.2) is 24.5 Å². The second kappa shape index (κ2) is 4.32. The third kappa shape index (κ3) is 1.41. The topological polar surface area (TPSA) is 104 Å². The molecular weight excluding hydrogens is 292 g/mol. The molecule has 5 atom stereocenters. The number of ether oxygens (including phenoxy) is 2. The number of aliphatic imine (C=N–C) groups is 1. The van der Waals surface area contributed by atoms with Gasteiger partial charge < -0.3 is 15.2 Å². The highest BCUT2D eigenvalue weighted by Crippen LogP contribution is 2.79. The second-order valence-electron chi connectivity index (χ2n) is 6.40. The van der Waals surface area contributed by atoms with E-state index >= 15 is 0 Å².